The van der Waals surface area contributed by atoms with Crippen molar-refractivity contribution in [2.45, 2.75) is 16.8 Å². The van der Waals surface area contributed by atoms with Crippen molar-refractivity contribution in [2.24, 2.45) is 0 Å². The predicted octanol–water partition coefficient (Wildman–Crippen LogP) is 0.667. The molecule has 1 aromatic rings. The van der Waals surface area contributed by atoms with Crippen LogP contribution >= 0.6 is 23.1 Å². The maximum atomic E-state index is 8.86. The van der Waals surface area contributed by atoms with Gasteiger partial charge in [-0.2, -0.15) is 0 Å². The van der Waals surface area contributed by atoms with Crippen LogP contribution in [0.15, 0.2) is 4.34 Å². The van der Waals surface area contributed by atoms with Gasteiger partial charge >= 0.3 is 0 Å². The van der Waals surface area contributed by atoms with Gasteiger partial charge in [-0.05, 0) is 13.5 Å². The number of hydrogen-bond donors (Lipinski definition) is 2. The molecule has 1 aromatic heterocycles. The van der Waals surface area contributed by atoms with Gasteiger partial charge in [-0.15, -0.1) is 10.2 Å². The summed E-state index contributed by atoms with van der Waals surface area (Å²) in [5.74, 6) is 0.902. The molecule has 92 valence electrons. The summed E-state index contributed by atoms with van der Waals surface area (Å²) in [6.07, 6.45) is 0.767. The van der Waals surface area contributed by atoms with Crippen LogP contribution in [0.25, 0.3) is 0 Å². The van der Waals surface area contributed by atoms with E-state index in [4.69, 9.17) is 5.11 Å². The molecule has 2 N–H and O–H groups in total. The number of aromatic nitrogens is 2. The van der Waals surface area contributed by atoms with E-state index in [9.17, 15) is 0 Å². The van der Waals surface area contributed by atoms with E-state index in [-0.39, 0.29) is 6.61 Å². The van der Waals surface area contributed by atoms with Crippen molar-refractivity contribution in [1.82, 2.24) is 15.5 Å². The van der Waals surface area contributed by atoms with E-state index >= 15 is 0 Å². The summed E-state index contributed by atoms with van der Waals surface area (Å²) in [6.45, 7) is 0.213. The highest BCUT2D eigenvalue weighted by molar-refractivity contribution is 8.01. The normalized spacial score (nSPS) is 12.8. The Morgan fingerprint density at radius 2 is 2.25 bits per heavy atom. The highest BCUT2D eigenvalue weighted by Crippen LogP contribution is 2.27. The van der Waals surface area contributed by atoms with E-state index < -0.39 is 0 Å². The molecule has 7 heteroatoms. The first-order valence-corrected chi connectivity index (χ1v) is 6.89. The third-order valence-electron chi connectivity index (χ3n) is 2.07. The van der Waals surface area contributed by atoms with Crippen molar-refractivity contribution in [3.05, 3.63) is 0 Å². The molecule has 0 bridgehead atoms. The van der Waals surface area contributed by atoms with Gasteiger partial charge in [0.25, 0.3) is 0 Å². The lowest BCUT2D eigenvalue weighted by Crippen LogP contribution is -2.28. The highest BCUT2D eigenvalue weighted by atomic mass is 32.2. The first-order valence-electron chi connectivity index (χ1n) is 5.09. The molecular formula is C9H18N4OS2. The molecule has 1 unspecified atom stereocenters. The molecule has 0 aliphatic rings. The first-order chi connectivity index (χ1) is 7.67. The van der Waals surface area contributed by atoms with Gasteiger partial charge in [0.2, 0.25) is 5.13 Å². The molecule has 0 amide bonds. The zero-order valence-corrected chi connectivity index (χ0v) is 11.4. The van der Waals surface area contributed by atoms with Gasteiger partial charge in [0.05, 0.1) is 0 Å². The van der Waals surface area contributed by atoms with Crippen LogP contribution in [-0.2, 0) is 0 Å². The third-order valence-corrected chi connectivity index (χ3v) is 4.46. The van der Waals surface area contributed by atoms with Crippen LogP contribution in [0.4, 0.5) is 5.13 Å². The van der Waals surface area contributed by atoms with E-state index in [1.807, 2.05) is 26.0 Å². The summed E-state index contributed by atoms with van der Waals surface area (Å²) in [5.41, 5.74) is 0. The van der Waals surface area contributed by atoms with Crippen LogP contribution in [0.1, 0.15) is 6.42 Å². The fourth-order valence-corrected chi connectivity index (χ4v) is 3.02. The first kappa shape index (κ1) is 13.7. The lowest BCUT2D eigenvalue weighted by molar-refractivity contribution is 0.273. The number of anilines is 1. The number of aliphatic hydroxyl groups excluding tert-OH is 1. The number of hydrogen-bond acceptors (Lipinski definition) is 7. The van der Waals surface area contributed by atoms with Crippen LogP contribution in [0.2, 0.25) is 0 Å². The van der Waals surface area contributed by atoms with E-state index in [0.717, 1.165) is 21.6 Å². The Morgan fingerprint density at radius 1 is 1.50 bits per heavy atom. The van der Waals surface area contributed by atoms with Crippen molar-refractivity contribution in [3.63, 3.8) is 0 Å². The van der Waals surface area contributed by atoms with Crippen molar-refractivity contribution < 1.29 is 5.11 Å². The van der Waals surface area contributed by atoms with Crippen LogP contribution < -0.4 is 10.2 Å². The second-order valence-electron chi connectivity index (χ2n) is 3.55. The molecule has 0 aliphatic heterocycles. The highest BCUT2D eigenvalue weighted by Gasteiger charge is 2.10. The second kappa shape index (κ2) is 7.05. The van der Waals surface area contributed by atoms with Gasteiger partial charge in [-0.1, -0.05) is 23.1 Å². The Morgan fingerprint density at radius 3 is 2.75 bits per heavy atom. The maximum absolute atomic E-state index is 8.86. The van der Waals surface area contributed by atoms with Gasteiger partial charge in [0.1, 0.15) is 0 Å². The lowest BCUT2D eigenvalue weighted by Gasteiger charge is -2.12. The third kappa shape index (κ3) is 4.25. The minimum atomic E-state index is 0.213. The standard InChI is InChI=1S/C9H18N4OS2/c1-10-7(4-5-14)6-15-9-12-11-8(16-9)13(2)3/h7,10,14H,4-6H2,1-3H3. The minimum absolute atomic E-state index is 0.213. The van der Waals surface area contributed by atoms with E-state index in [2.05, 4.69) is 15.5 Å². The predicted molar refractivity (Wildman–Crippen MR) is 69.5 cm³/mol. The molecule has 1 rings (SSSR count). The number of nitrogens with one attached hydrogen (secondary N) is 1. The summed E-state index contributed by atoms with van der Waals surface area (Å²) in [4.78, 5) is 1.95. The monoisotopic (exact) mass is 262 g/mol. The summed E-state index contributed by atoms with van der Waals surface area (Å²) in [7, 11) is 5.82. The molecule has 16 heavy (non-hydrogen) atoms. The quantitative estimate of drug-likeness (QED) is 0.704. The Labute approximate surface area is 104 Å². The molecule has 0 aromatic carbocycles. The molecule has 0 saturated heterocycles. The van der Waals surface area contributed by atoms with Crippen molar-refractivity contribution in [3.8, 4) is 0 Å². The van der Waals surface area contributed by atoms with Crippen molar-refractivity contribution in [1.29, 1.82) is 0 Å². The zero-order chi connectivity index (χ0) is 12.0. The molecule has 0 saturated carbocycles. The van der Waals surface area contributed by atoms with Gasteiger partial charge in [0, 0.05) is 32.5 Å². The van der Waals surface area contributed by atoms with E-state index in [1.54, 1.807) is 23.1 Å². The molecule has 0 aliphatic carbocycles. The second-order valence-corrected chi connectivity index (χ2v) is 5.78. The Hall–Kier alpha value is -0.370. The summed E-state index contributed by atoms with van der Waals surface area (Å²) in [6, 6.07) is 0.321. The van der Waals surface area contributed by atoms with Crippen molar-refractivity contribution >= 4 is 28.2 Å². The van der Waals surface area contributed by atoms with Crippen LogP contribution in [-0.4, -0.2) is 54.8 Å². The van der Waals surface area contributed by atoms with Gasteiger partial charge in [0.15, 0.2) is 4.34 Å². The minimum Gasteiger partial charge on any atom is -0.396 e. The Kier molecular flexibility index (Phi) is 6.04. The van der Waals surface area contributed by atoms with Gasteiger partial charge in [-0.25, -0.2) is 0 Å². The topological polar surface area (TPSA) is 61.3 Å². The molecule has 1 heterocycles. The maximum Gasteiger partial charge on any atom is 0.208 e. The lowest BCUT2D eigenvalue weighted by atomic mass is 10.2. The summed E-state index contributed by atoms with van der Waals surface area (Å²) >= 11 is 3.26. The molecule has 0 spiro atoms. The molecule has 0 fully saturated rings. The van der Waals surface area contributed by atoms with Gasteiger partial charge < -0.3 is 15.3 Å². The van der Waals surface area contributed by atoms with Crippen LogP contribution in [0.5, 0.6) is 0 Å². The molecule has 5 nitrogen and oxygen atoms in total. The van der Waals surface area contributed by atoms with E-state index in [0.29, 0.717) is 6.04 Å². The fourth-order valence-electron chi connectivity index (χ4n) is 1.08. The SMILES string of the molecule is CNC(CCO)CSc1nnc(N(C)C)s1. The van der Waals surface area contributed by atoms with Crippen molar-refractivity contribution in [2.75, 3.05) is 38.4 Å². The van der Waals surface area contributed by atoms with Crippen LogP contribution in [0.3, 0.4) is 0 Å². The zero-order valence-electron chi connectivity index (χ0n) is 9.80. The average molecular weight is 262 g/mol. The number of nitrogens with zero attached hydrogens (tertiary/aromatic N) is 3. The summed E-state index contributed by atoms with van der Waals surface area (Å²) < 4.78 is 0.974. The van der Waals surface area contributed by atoms with E-state index in [1.165, 1.54) is 0 Å². The molecule has 1 atom stereocenters. The average Bonchev–Trinajstić information content (AvgIpc) is 2.73. The number of thioether (sulfide) groups is 1. The van der Waals surface area contributed by atoms with Gasteiger partial charge in [-0.3, -0.25) is 0 Å². The summed E-state index contributed by atoms with van der Waals surface area (Å²) in [5, 5.41) is 21.1. The largest absolute Gasteiger partial charge is 0.396 e. The molecular weight excluding hydrogens is 244 g/mol. The Bertz CT molecular complexity index is 305. The molecule has 0 radical (unpaired) electrons. The van der Waals surface area contributed by atoms with Crippen LogP contribution in [0, 0.1) is 0 Å². The number of aliphatic hydroxyl groups is 1. The Balaban J connectivity index is 2.41. The fraction of sp³-hybridized carbons (Fsp3) is 0.778. The smallest absolute Gasteiger partial charge is 0.208 e. The number of rotatable bonds is 7.